The molecule has 0 spiro atoms. The molecule has 0 saturated carbocycles. The molecule has 0 fully saturated rings. The van der Waals surface area contributed by atoms with Gasteiger partial charge < -0.3 is 16.0 Å². The molecule has 0 radical (unpaired) electrons. The average molecular weight is 473 g/mol. The summed E-state index contributed by atoms with van der Waals surface area (Å²) < 4.78 is 0. The van der Waals surface area contributed by atoms with Gasteiger partial charge in [0.2, 0.25) is 5.91 Å². The number of aromatic nitrogens is 2. The van der Waals surface area contributed by atoms with Crippen LogP contribution in [0.3, 0.4) is 0 Å². The number of benzene rings is 1. The number of urea groups is 1. The molecule has 4 amide bonds. The lowest BCUT2D eigenvalue weighted by Gasteiger charge is -2.28. The van der Waals surface area contributed by atoms with Crippen LogP contribution in [0.15, 0.2) is 60.9 Å². The van der Waals surface area contributed by atoms with Crippen molar-refractivity contribution in [3.63, 3.8) is 0 Å². The average Bonchev–Trinajstić information content (AvgIpc) is 3.22. The SMILES string of the molecule is CC(=O)NCCNC(=O)c1sc2nccc3c2c1NC(=O)N3c1ccnc(-c2ccccc2)c1. The van der Waals surface area contributed by atoms with Crippen LogP contribution in [0.1, 0.15) is 16.6 Å². The fraction of sp³-hybridized carbons (Fsp3) is 0.125. The zero-order valence-corrected chi connectivity index (χ0v) is 19.0. The minimum Gasteiger partial charge on any atom is -0.355 e. The molecule has 4 heterocycles. The number of carbonyl (C=O) groups is 3. The number of hydrogen-bond donors (Lipinski definition) is 3. The molecule has 0 atom stereocenters. The van der Waals surface area contributed by atoms with Crippen LogP contribution >= 0.6 is 11.3 Å². The summed E-state index contributed by atoms with van der Waals surface area (Å²) in [7, 11) is 0. The molecule has 34 heavy (non-hydrogen) atoms. The van der Waals surface area contributed by atoms with Crippen molar-refractivity contribution in [3.05, 3.63) is 65.8 Å². The van der Waals surface area contributed by atoms with Gasteiger partial charge >= 0.3 is 6.03 Å². The van der Waals surface area contributed by atoms with Crippen LogP contribution in [0.4, 0.5) is 21.9 Å². The molecule has 0 aliphatic carbocycles. The Labute approximate surface area is 198 Å². The molecule has 1 aromatic carbocycles. The van der Waals surface area contributed by atoms with Gasteiger partial charge in [-0.05, 0) is 18.2 Å². The predicted molar refractivity (Wildman–Crippen MR) is 131 cm³/mol. The topological polar surface area (TPSA) is 116 Å². The van der Waals surface area contributed by atoms with Gasteiger partial charge in [-0.15, -0.1) is 11.3 Å². The van der Waals surface area contributed by atoms with Gasteiger partial charge in [-0.25, -0.2) is 9.78 Å². The summed E-state index contributed by atoms with van der Waals surface area (Å²) in [5.41, 5.74) is 3.42. The molecule has 10 heteroatoms. The predicted octanol–water partition coefficient (Wildman–Crippen LogP) is 3.91. The first-order chi connectivity index (χ1) is 16.5. The van der Waals surface area contributed by atoms with Crippen LogP contribution in [-0.2, 0) is 4.79 Å². The molecule has 0 unspecified atom stereocenters. The second-order valence-corrected chi connectivity index (χ2v) is 8.59. The molecular formula is C24H20N6O3S. The molecule has 1 aliphatic rings. The van der Waals surface area contributed by atoms with Crippen LogP contribution in [-0.4, -0.2) is 40.9 Å². The quantitative estimate of drug-likeness (QED) is 0.368. The highest BCUT2D eigenvalue weighted by atomic mass is 32.1. The lowest BCUT2D eigenvalue weighted by atomic mass is 10.1. The van der Waals surface area contributed by atoms with E-state index >= 15 is 0 Å². The molecule has 170 valence electrons. The van der Waals surface area contributed by atoms with E-state index in [2.05, 4.69) is 25.9 Å². The minimum atomic E-state index is -0.379. The molecule has 3 aromatic heterocycles. The lowest BCUT2D eigenvalue weighted by Crippen LogP contribution is -2.36. The van der Waals surface area contributed by atoms with E-state index < -0.39 is 0 Å². The number of hydrogen-bond acceptors (Lipinski definition) is 6. The normalized spacial score (nSPS) is 12.4. The molecule has 1 aliphatic heterocycles. The Morgan fingerprint density at radius 2 is 1.79 bits per heavy atom. The Bertz CT molecular complexity index is 1420. The number of pyridine rings is 2. The van der Waals surface area contributed by atoms with Gasteiger partial charge in [-0.1, -0.05) is 30.3 Å². The van der Waals surface area contributed by atoms with E-state index in [0.717, 1.165) is 11.3 Å². The zero-order chi connectivity index (χ0) is 23.7. The maximum absolute atomic E-state index is 13.3. The molecule has 9 nitrogen and oxygen atoms in total. The molecular weight excluding hydrogens is 452 g/mol. The smallest absolute Gasteiger partial charge is 0.331 e. The van der Waals surface area contributed by atoms with E-state index in [1.54, 1.807) is 29.4 Å². The van der Waals surface area contributed by atoms with Gasteiger partial charge in [-0.3, -0.25) is 19.5 Å². The highest BCUT2D eigenvalue weighted by Gasteiger charge is 2.32. The highest BCUT2D eigenvalue weighted by Crippen LogP contribution is 2.45. The molecule has 0 saturated heterocycles. The Morgan fingerprint density at radius 1 is 1.03 bits per heavy atom. The maximum Gasteiger partial charge on any atom is 0.331 e. The summed E-state index contributed by atoms with van der Waals surface area (Å²) in [6.45, 7) is 2.00. The van der Waals surface area contributed by atoms with E-state index in [1.165, 1.54) is 18.3 Å². The van der Waals surface area contributed by atoms with Gasteiger partial charge in [0.25, 0.3) is 5.91 Å². The first-order valence-electron chi connectivity index (χ1n) is 10.6. The number of anilines is 3. The zero-order valence-electron chi connectivity index (χ0n) is 18.2. The fourth-order valence-corrected chi connectivity index (χ4v) is 4.86. The Kier molecular flexibility index (Phi) is 5.64. The summed E-state index contributed by atoms with van der Waals surface area (Å²) in [5, 5.41) is 8.99. The lowest BCUT2D eigenvalue weighted by molar-refractivity contribution is -0.118. The number of nitrogens with zero attached hydrogens (tertiary/aromatic N) is 3. The van der Waals surface area contributed by atoms with Crippen LogP contribution in [0.2, 0.25) is 0 Å². The van der Waals surface area contributed by atoms with E-state index in [4.69, 9.17) is 0 Å². The van der Waals surface area contributed by atoms with E-state index in [-0.39, 0.29) is 24.4 Å². The molecule has 0 bridgehead atoms. The molecule has 4 aromatic rings. The third-order valence-corrected chi connectivity index (χ3v) is 6.40. The molecule has 3 N–H and O–H groups in total. The van der Waals surface area contributed by atoms with Crippen LogP contribution in [0, 0.1) is 0 Å². The Morgan fingerprint density at radius 3 is 2.59 bits per heavy atom. The number of amides is 4. The Hall–Kier alpha value is -4.31. The van der Waals surface area contributed by atoms with Crippen molar-refractivity contribution in [2.24, 2.45) is 0 Å². The van der Waals surface area contributed by atoms with Gasteiger partial charge in [0.15, 0.2) is 0 Å². The summed E-state index contributed by atoms with van der Waals surface area (Å²) >= 11 is 1.21. The van der Waals surface area contributed by atoms with Crippen molar-refractivity contribution in [3.8, 4) is 11.3 Å². The van der Waals surface area contributed by atoms with E-state index in [0.29, 0.717) is 38.7 Å². The van der Waals surface area contributed by atoms with Crippen molar-refractivity contribution in [1.29, 1.82) is 0 Å². The highest BCUT2D eigenvalue weighted by molar-refractivity contribution is 7.21. The first-order valence-corrected chi connectivity index (χ1v) is 11.4. The summed E-state index contributed by atoms with van der Waals surface area (Å²) in [4.78, 5) is 48.5. The summed E-state index contributed by atoms with van der Waals surface area (Å²) in [6.07, 6.45) is 3.29. The van der Waals surface area contributed by atoms with Crippen LogP contribution < -0.4 is 20.9 Å². The number of rotatable bonds is 6. The third-order valence-electron chi connectivity index (χ3n) is 5.31. The van der Waals surface area contributed by atoms with Crippen LogP contribution in [0.5, 0.6) is 0 Å². The Balaban J connectivity index is 1.51. The fourth-order valence-electron chi connectivity index (χ4n) is 3.82. The van der Waals surface area contributed by atoms with Crippen LogP contribution in [0.25, 0.3) is 21.5 Å². The standard InChI is InChI=1S/C24H20N6O3S/c1-14(31)25-11-12-27-22(32)21-20-19-18(8-10-28-23(19)34-21)30(24(33)29-20)16-7-9-26-17(13-16)15-5-3-2-4-6-15/h2-10,13H,11-12H2,1H3,(H,25,31)(H,27,32)(H,29,33). The monoisotopic (exact) mass is 472 g/mol. The van der Waals surface area contributed by atoms with Crippen molar-refractivity contribution in [2.75, 3.05) is 23.3 Å². The number of carbonyl (C=O) groups excluding carboxylic acids is 3. The third kappa shape index (κ3) is 3.95. The number of thiophene rings is 1. The van der Waals surface area contributed by atoms with Gasteiger partial charge in [0.1, 0.15) is 9.71 Å². The van der Waals surface area contributed by atoms with Crippen molar-refractivity contribution < 1.29 is 14.4 Å². The van der Waals surface area contributed by atoms with Crippen molar-refractivity contribution >= 4 is 56.5 Å². The second-order valence-electron chi connectivity index (χ2n) is 7.59. The maximum atomic E-state index is 13.3. The first kappa shape index (κ1) is 21.5. The van der Waals surface area contributed by atoms with Crippen molar-refractivity contribution in [2.45, 2.75) is 6.92 Å². The minimum absolute atomic E-state index is 0.168. The van der Waals surface area contributed by atoms with E-state index in [1.807, 2.05) is 36.4 Å². The summed E-state index contributed by atoms with van der Waals surface area (Å²) in [5.74, 6) is -0.503. The number of nitrogens with one attached hydrogen (secondary N) is 3. The molecule has 5 rings (SSSR count). The summed E-state index contributed by atoms with van der Waals surface area (Å²) in [6, 6.07) is 14.7. The largest absolute Gasteiger partial charge is 0.355 e. The second kappa shape index (κ2) is 8.91. The van der Waals surface area contributed by atoms with Gasteiger partial charge in [-0.2, -0.15) is 0 Å². The van der Waals surface area contributed by atoms with Gasteiger partial charge in [0, 0.05) is 38.0 Å². The van der Waals surface area contributed by atoms with Crippen molar-refractivity contribution in [1.82, 2.24) is 20.6 Å². The van der Waals surface area contributed by atoms with E-state index in [9.17, 15) is 14.4 Å². The van der Waals surface area contributed by atoms with Gasteiger partial charge in [0.05, 0.1) is 28.1 Å².